The Morgan fingerprint density at radius 2 is 1.88 bits per heavy atom. The number of benzene rings is 2. The van der Waals surface area contributed by atoms with E-state index in [4.69, 9.17) is 0 Å². The summed E-state index contributed by atoms with van der Waals surface area (Å²) in [5.74, 6) is 0.320. The van der Waals surface area contributed by atoms with Gasteiger partial charge in [-0.15, -0.1) is 0 Å². The number of aromatic amines is 1. The molecule has 128 valence electrons. The van der Waals surface area contributed by atoms with Gasteiger partial charge in [0, 0.05) is 21.5 Å². The Morgan fingerprint density at radius 1 is 1.08 bits per heavy atom. The van der Waals surface area contributed by atoms with Crippen LogP contribution >= 0.6 is 15.9 Å². The molecular weight excluding hydrogens is 401 g/mol. The van der Waals surface area contributed by atoms with Crippen molar-refractivity contribution in [2.45, 2.75) is 0 Å². The number of halogens is 2. The molecule has 0 aliphatic heterocycles. The molecule has 2 aromatic carbocycles. The number of nitrogens with zero attached hydrogens (tertiary/aromatic N) is 3. The third kappa shape index (κ3) is 3.18. The third-order valence-electron chi connectivity index (χ3n) is 3.72. The fourth-order valence-corrected chi connectivity index (χ4v) is 2.83. The van der Waals surface area contributed by atoms with Crippen LogP contribution in [0.15, 0.2) is 59.2 Å². The van der Waals surface area contributed by atoms with Gasteiger partial charge in [-0.25, -0.2) is 14.4 Å². The standard InChI is InChI=1S/C18H11BrFN5O/c19-11-3-6-13-14(9-11)22-18(16(26)10-1-4-12(20)5-2-10)24-17(13)23-15-7-8-21-25-15/h1-9H,(H2,21,22,23,24,25). The number of anilines is 2. The Balaban J connectivity index is 1.84. The molecular formula is C18H11BrFN5O. The predicted molar refractivity (Wildman–Crippen MR) is 98.9 cm³/mol. The molecule has 26 heavy (non-hydrogen) atoms. The van der Waals surface area contributed by atoms with Crippen molar-refractivity contribution in [1.82, 2.24) is 20.2 Å². The summed E-state index contributed by atoms with van der Waals surface area (Å²) in [7, 11) is 0. The topological polar surface area (TPSA) is 83.6 Å². The first-order chi connectivity index (χ1) is 12.6. The molecule has 2 N–H and O–H groups in total. The number of nitrogens with one attached hydrogen (secondary N) is 2. The molecule has 0 saturated heterocycles. The molecule has 0 spiro atoms. The average Bonchev–Trinajstić information content (AvgIpc) is 3.14. The molecule has 0 unspecified atom stereocenters. The lowest BCUT2D eigenvalue weighted by Gasteiger charge is -2.09. The predicted octanol–water partition coefficient (Wildman–Crippen LogP) is 4.23. The second-order valence-corrected chi connectivity index (χ2v) is 6.40. The van der Waals surface area contributed by atoms with Crippen molar-refractivity contribution in [2.75, 3.05) is 5.32 Å². The number of carbonyl (C=O) groups excluding carboxylic acids is 1. The van der Waals surface area contributed by atoms with Crippen molar-refractivity contribution >= 4 is 44.3 Å². The van der Waals surface area contributed by atoms with Gasteiger partial charge in [0.25, 0.3) is 0 Å². The molecule has 4 rings (SSSR count). The van der Waals surface area contributed by atoms with Crippen LogP contribution in [0.2, 0.25) is 0 Å². The van der Waals surface area contributed by atoms with E-state index in [1.807, 2.05) is 12.1 Å². The molecule has 4 aromatic rings. The SMILES string of the molecule is O=C(c1ccc(F)cc1)c1nc(Nc2ccn[nH]2)c2ccc(Br)cc2n1. The van der Waals surface area contributed by atoms with Crippen molar-refractivity contribution in [2.24, 2.45) is 0 Å². The molecule has 0 saturated carbocycles. The maximum Gasteiger partial charge on any atom is 0.230 e. The second kappa shape index (κ2) is 6.64. The van der Waals surface area contributed by atoms with Crippen molar-refractivity contribution in [3.8, 4) is 0 Å². The average molecular weight is 412 g/mol. The summed E-state index contributed by atoms with van der Waals surface area (Å²) >= 11 is 3.41. The summed E-state index contributed by atoms with van der Waals surface area (Å²) < 4.78 is 13.9. The number of H-pyrrole nitrogens is 1. The highest BCUT2D eigenvalue weighted by Crippen LogP contribution is 2.26. The number of fused-ring (bicyclic) bond motifs is 1. The minimum Gasteiger partial charge on any atom is -0.325 e. The summed E-state index contributed by atoms with van der Waals surface area (Å²) in [4.78, 5) is 21.5. The van der Waals surface area contributed by atoms with Crippen LogP contribution in [-0.4, -0.2) is 25.9 Å². The summed E-state index contributed by atoms with van der Waals surface area (Å²) in [6.45, 7) is 0. The van der Waals surface area contributed by atoms with Crippen LogP contribution < -0.4 is 5.32 Å². The number of carbonyl (C=O) groups is 1. The first-order valence-electron chi connectivity index (χ1n) is 7.64. The fraction of sp³-hybridized carbons (Fsp3) is 0. The molecule has 0 aliphatic carbocycles. The normalized spacial score (nSPS) is 10.8. The summed E-state index contributed by atoms with van der Waals surface area (Å²) in [5, 5.41) is 10.5. The molecule has 2 aromatic heterocycles. The van der Waals surface area contributed by atoms with E-state index < -0.39 is 5.82 Å². The Hall–Kier alpha value is -3.13. The van der Waals surface area contributed by atoms with Crippen molar-refractivity contribution in [3.63, 3.8) is 0 Å². The monoisotopic (exact) mass is 411 g/mol. The van der Waals surface area contributed by atoms with Crippen LogP contribution in [0.4, 0.5) is 16.0 Å². The number of rotatable bonds is 4. The minimum atomic E-state index is -0.411. The number of hydrogen-bond acceptors (Lipinski definition) is 5. The largest absolute Gasteiger partial charge is 0.325 e. The van der Waals surface area contributed by atoms with E-state index in [9.17, 15) is 9.18 Å². The Labute approximate surface area is 155 Å². The van der Waals surface area contributed by atoms with Crippen molar-refractivity contribution in [1.29, 1.82) is 0 Å². The van der Waals surface area contributed by atoms with Gasteiger partial charge in [-0.2, -0.15) is 5.10 Å². The van der Waals surface area contributed by atoms with Crippen LogP contribution in [0.5, 0.6) is 0 Å². The summed E-state index contributed by atoms with van der Waals surface area (Å²) in [6, 6.07) is 12.5. The van der Waals surface area contributed by atoms with Gasteiger partial charge in [-0.1, -0.05) is 15.9 Å². The molecule has 0 radical (unpaired) electrons. The Bertz CT molecular complexity index is 1100. The highest BCUT2D eigenvalue weighted by molar-refractivity contribution is 9.10. The molecule has 0 amide bonds. The number of ketones is 1. The lowest BCUT2D eigenvalue weighted by atomic mass is 10.1. The maximum absolute atomic E-state index is 13.1. The van der Waals surface area contributed by atoms with Gasteiger partial charge in [0.05, 0.1) is 11.7 Å². The number of hydrogen-bond donors (Lipinski definition) is 2. The van der Waals surface area contributed by atoms with Gasteiger partial charge >= 0.3 is 0 Å². The number of aromatic nitrogens is 4. The van der Waals surface area contributed by atoms with E-state index in [0.717, 1.165) is 9.86 Å². The zero-order valence-electron chi connectivity index (χ0n) is 13.2. The first kappa shape index (κ1) is 16.3. The molecule has 0 bridgehead atoms. The summed E-state index contributed by atoms with van der Waals surface area (Å²) in [6.07, 6.45) is 1.60. The lowest BCUT2D eigenvalue weighted by molar-refractivity contribution is 0.103. The highest BCUT2D eigenvalue weighted by Gasteiger charge is 2.17. The van der Waals surface area contributed by atoms with Gasteiger partial charge in [0.15, 0.2) is 0 Å². The second-order valence-electron chi connectivity index (χ2n) is 5.49. The van der Waals surface area contributed by atoms with Crippen molar-refractivity contribution in [3.05, 3.63) is 76.4 Å². The quantitative estimate of drug-likeness (QED) is 0.491. The zero-order valence-corrected chi connectivity index (χ0v) is 14.8. The summed E-state index contributed by atoms with van der Waals surface area (Å²) in [5.41, 5.74) is 0.912. The molecule has 0 aliphatic rings. The molecule has 0 atom stereocenters. The molecule has 0 fully saturated rings. The third-order valence-corrected chi connectivity index (χ3v) is 4.22. The molecule has 2 heterocycles. The van der Waals surface area contributed by atoms with Crippen LogP contribution in [0.3, 0.4) is 0 Å². The fourth-order valence-electron chi connectivity index (χ4n) is 2.48. The highest BCUT2D eigenvalue weighted by atomic mass is 79.9. The van der Waals surface area contributed by atoms with Gasteiger partial charge in [0.2, 0.25) is 11.6 Å². The zero-order chi connectivity index (χ0) is 18.1. The maximum atomic E-state index is 13.1. The van der Waals surface area contributed by atoms with Crippen LogP contribution in [0.25, 0.3) is 10.9 Å². The first-order valence-corrected chi connectivity index (χ1v) is 8.43. The van der Waals surface area contributed by atoms with Crippen molar-refractivity contribution < 1.29 is 9.18 Å². The van der Waals surface area contributed by atoms with Crippen LogP contribution in [0.1, 0.15) is 16.2 Å². The Morgan fingerprint density at radius 3 is 2.62 bits per heavy atom. The molecule has 6 nitrogen and oxygen atoms in total. The van der Waals surface area contributed by atoms with Crippen LogP contribution in [0, 0.1) is 5.82 Å². The lowest BCUT2D eigenvalue weighted by Crippen LogP contribution is -2.09. The minimum absolute atomic E-state index is 0.0178. The van der Waals surface area contributed by atoms with Gasteiger partial charge in [0.1, 0.15) is 17.5 Å². The van der Waals surface area contributed by atoms with Gasteiger partial charge in [-0.3, -0.25) is 9.89 Å². The van der Waals surface area contributed by atoms with Crippen LogP contribution in [-0.2, 0) is 0 Å². The van der Waals surface area contributed by atoms with E-state index in [2.05, 4.69) is 41.4 Å². The van der Waals surface area contributed by atoms with Gasteiger partial charge < -0.3 is 5.32 Å². The van der Waals surface area contributed by atoms with E-state index in [0.29, 0.717) is 22.7 Å². The Kier molecular flexibility index (Phi) is 4.18. The van der Waals surface area contributed by atoms with E-state index in [1.54, 1.807) is 18.3 Å². The van der Waals surface area contributed by atoms with E-state index in [1.165, 1.54) is 24.3 Å². The smallest absolute Gasteiger partial charge is 0.230 e. The van der Waals surface area contributed by atoms with E-state index >= 15 is 0 Å². The van der Waals surface area contributed by atoms with Gasteiger partial charge in [-0.05, 0) is 42.5 Å². The van der Waals surface area contributed by atoms with E-state index in [-0.39, 0.29) is 11.6 Å². The molecule has 8 heteroatoms.